The molecule has 3 aromatic rings. The predicted octanol–water partition coefficient (Wildman–Crippen LogP) is 7.13. The first-order chi connectivity index (χ1) is 16.7. The second-order valence-electron chi connectivity index (χ2n) is 9.76. The quantitative estimate of drug-likeness (QED) is 0.339. The van der Waals surface area contributed by atoms with E-state index in [-0.39, 0.29) is 24.8 Å². The Balaban J connectivity index is 0.00000152. The molecule has 0 unspecified atom stereocenters. The topological polar surface area (TPSA) is 19.0 Å². The number of anilines is 3. The molecule has 0 aliphatic carbocycles. The molecule has 3 heterocycles. The van der Waals surface area contributed by atoms with Gasteiger partial charge in [-0.25, -0.2) is 0 Å². The SMILES string of the molecule is Cl.Cl.Clc1ccc2c(c1)N([C@@H]1CCN(CCc3cccc(N4CCCC4)c3)C1)c1ccccc1OC2. The molecule has 0 bridgehead atoms. The Labute approximate surface area is 232 Å². The maximum Gasteiger partial charge on any atom is 0.143 e. The van der Waals surface area contributed by atoms with Gasteiger partial charge < -0.3 is 19.4 Å². The lowest BCUT2D eigenvalue weighted by Gasteiger charge is -2.32. The summed E-state index contributed by atoms with van der Waals surface area (Å²) < 4.78 is 6.19. The number of fused-ring (bicyclic) bond motifs is 2. The maximum absolute atomic E-state index is 6.45. The smallest absolute Gasteiger partial charge is 0.143 e. The molecule has 3 aromatic carbocycles. The summed E-state index contributed by atoms with van der Waals surface area (Å²) in [4.78, 5) is 7.63. The fourth-order valence-corrected chi connectivity index (χ4v) is 5.90. The summed E-state index contributed by atoms with van der Waals surface area (Å²) >= 11 is 6.45. The number of hydrogen-bond acceptors (Lipinski definition) is 4. The zero-order chi connectivity index (χ0) is 22.9. The third kappa shape index (κ3) is 5.57. The third-order valence-corrected chi connectivity index (χ3v) is 7.76. The summed E-state index contributed by atoms with van der Waals surface area (Å²) in [6.45, 7) is 6.23. The van der Waals surface area contributed by atoms with Gasteiger partial charge in [0.25, 0.3) is 0 Å². The summed E-state index contributed by atoms with van der Waals surface area (Å²) in [5.41, 5.74) is 6.36. The van der Waals surface area contributed by atoms with E-state index in [0.717, 1.165) is 48.9 Å². The monoisotopic (exact) mass is 545 g/mol. The van der Waals surface area contributed by atoms with Crippen molar-refractivity contribution in [2.45, 2.75) is 38.3 Å². The van der Waals surface area contributed by atoms with Crippen LogP contribution in [-0.2, 0) is 13.0 Å². The van der Waals surface area contributed by atoms with E-state index in [2.05, 4.69) is 75.4 Å². The van der Waals surface area contributed by atoms with Gasteiger partial charge in [-0.3, -0.25) is 0 Å². The van der Waals surface area contributed by atoms with Gasteiger partial charge in [0.05, 0.1) is 5.69 Å². The van der Waals surface area contributed by atoms with Gasteiger partial charge in [-0.05, 0) is 67.6 Å². The minimum atomic E-state index is 0. The summed E-state index contributed by atoms with van der Waals surface area (Å²) in [7, 11) is 0. The molecule has 192 valence electrons. The van der Waals surface area contributed by atoms with Crippen LogP contribution in [0.5, 0.6) is 5.75 Å². The van der Waals surface area contributed by atoms with Crippen LogP contribution in [0.3, 0.4) is 0 Å². The summed E-state index contributed by atoms with van der Waals surface area (Å²) in [6.07, 6.45) is 4.86. The normalized spacial score (nSPS) is 19.0. The van der Waals surface area contributed by atoms with Gasteiger partial charge in [0.1, 0.15) is 12.4 Å². The molecule has 6 rings (SSSR count). The van der Waals surface area contributed by atoms with Crippen molar-refractivity contribution in [2.75, 3.05) is 42.5 Å². The highest BCUT2D eigenvalue weighted by molar-refractivity contribution is 6.30. The number of benzene rings is 3. The maximum atomic E-state index is 6.45. The largest absolute Gasteiger partial charge is 0.487 e. The van der Waals surface area contributed by atoms with Crippen LogP contribution in [0.4, 0.5) is 17.1 Å². The van der Waals surface area contributed by atoms with Crippen LogP contribution in [-0.4, -0.2) is 43.7 Å². The van der Waals surface area contributed by atoms with E-state index < -0.39 is 0 Å². The molecule has 1 atom stereocenters. The lowest BCUT2D eigenvalue weighted by Crippen LogP contribution is -2.35. The van der Waals surface area contributed by atoms with Crippen LogP contribution >= 0.6 is 36.4 Å². The predicted molar refractivity (Wildman–Crippen MR) is 155 cm³/mol. The first kappa shape index (κ1) is 26.9. The average molecular weight is 547 g/mol. The van der Waals surface area contributed by atoms with Gasteiger partial charge in [-0.1, -0.05) is 41.9 Å². The van der Waals surface area contributed by atoms with Crippen molar-refractivity contribution in [3.63, 3.8) is 0 Å². The standard InChI is InChI=1S/C29H32ClN3O.2ClH/c30-24-11-10-23-21-34-29-9-2-1-8-27(29)33(28(23)19-24)26-13-17-31(20-26)16-12-22-6-5-7-25(18-22)32-14-3-4-15-32;;/h1-2,5-11,18-19,26H,3-4,12-17,20-21H2;2*1H/t26-;;/m1../s1. The Bertz CT molecular complexity index is 1170. The highest BCUT2D eigenvalue weighted by Crippen LogP contribution is 2.43. The molecular weight excluding hydrogens is 513 g/mol. The van der Waals surface area contributed by atoms with Crippen molar-refractivity contribution >= 4 is 53.5 Å². The zero-order valence-corrected chi connectivity index (χ0v) is 22.8. The molecule has 2 fully saturated rings. The minimum Gasteiger partial charge on any atom is -0.487 e. The lowest BCUT2D eigenvalue weighted by atomic mass is 10.1. The Kier molecular flexibility index (Phi) is 8.95. The zero-order valence-electron chi connectivity index (χ0n) is 20.4. The molecule has 0 radical (unpaired) electrons. The van der Waals surface area contributed by atoms with E-state index in [0.29, 0.717) is 12.6 Å². The van der Waals surface area contributed by atoms with Crippen LogP contribution in [0.25, 0.3) is 0 Å². The summed E-state index contributed by atoms with van der Waals surface area (Å²) in [5, 5.41) is 0.774. The van der Waals surface area contributed by atoms with Crippen LogP contribution in [0.15, 0.2) is 66.7 Å². The van der Waals surface area contributed by atoms with Crippen molar-refractivity contribution < 1.29 is 4.74 Å². The molecule has 0 spiro atoms. The Hall–Kier alpha value is -2.11. The van der Waals surface area contributed by atoms with Crippen molar-refractivity contribution in [1.82, 2.24) is 4.90 Å². The molecule has 4 nitrogen and oxygen atoms in total. The molecule has 7 heteroatoms. The molecular formula is C29H34Cl3N3O. The van der Waals surface area contributed by atoms with Gasteiger partial charge >= 0.3 is 0 Å². The minimum absolute atomic E-state index is 0. The van der Waals surface area contributed by atoms with E-state index >= 15 is 0 Å². The van der Waals surface area contributed by atoms with Crippen LogP contribution in [0, 0.1) is 0 Å². The Morgan fingerprint density at radius 3 is 2.56 bits per heavy atom. The number of halogens is 3. The molecule has 0 amide bonds. The van der Waals surface area contributed by atoms with Crippen LogP contribution in [0.1, 0.15) is 30.4 Å². The number of likely N-dealkylation sites (tertiary alicyclic amines) is 1. The van der Waals surface area contributed by atoms with Gasteiger partial charge in [0.15, 0.2) is 0 Å². The fourth-order valence-electron chi connectivity index (χ4n) is 5.74. The van der Waals surface area contributed by atoms with Gasteiger partial charge in [0.2, 0.25) is 0 Å². The van der Waals surface area contributed by atoms with Crippen molar-refractivity contribution in [3.05, 3.63) is 82.9 Å². The third-order valence-electron chi connectivity index (χ3n) is 7.53. The second kappa shape index (κ2) is 12.0. The van der Waals surface area contributed by atoms with Crippen LogP contribution < -0.4 is 14.5 Å². The molecule has 0 N–H and O–H groups in total. The average Bonchev–Trinajstić information content (AvgIpc) is 3.54. The number of nitrogens with zero attached hydrogens (tertiary/aromatic N) is 3. The first-order valence-electron chi connectivity index (χ1n) is 12.6. The fraction of sp³-hybridized carbons (Fsp3) is 0.379. The highest BCUT2D eigenvalue weighted by Gasteiger charge is 2.33. The molecule has 0 aromatic heterocycles. The number of para-hydroxylation sites is 2. The molecule has 2 saturated heterocycles. The molecule has 36 heavy (non-hydrogen) atoms. The van der Waals surface area contributed by atoms with Crippen molar-refractivity contribution in [3.8, 4) is 5.75 Å². The van der Waals surface area contributed by atoms with E-state index in [1.54, 1.807) is 0 Å². The van der Waals surface area contributed by atoms with Gasteiger partial charge in [0, 0.05) is 60.7 Å². The summed E-state index contributed by atoms with van der Waals surface area (Å²) in [5.74, 6) is 0.951. The van der Waals surface area contributed by atoms with Crippen molar-refractivity contribution in [2.24, 2.45) is 0 Å². The van der Waals surface area contributed by atoms with E-state index in [4.69, 9.17) is 16.3 Å². The van der Waals surface area contributed by atoms with E-state index in [1.165, 1.54) is 48.4 Å². The van der Waals surface area contributed by atoms with E-state index in [1.807, 2.05) is 6.07 Å². The van der Waals surface area contributed by atoms with Crippen LogP contribution in [0.2, 0.25) is 5.02 Å². The van der Waals surface area contributed by atoms with Crippen molar-refractivity contribution in [1.29, 1.82) is 0 Å². The number of hydrogen-bond donors (Lipinski definition) is 0. The first-order valence-corrected chi connectivity index (χ1v) is 13.0. The molecule has 3 aliphatic rings. The molecule has 3 aliphatic heterocycles. The Morgan fingerprint density at radius 2 is 1.69 bits per heavy atom. The highest BCUT2D eigenvalue weighted by atomic mass is 35.5. The van der Waals surface area contributed by atoms with Gasteiger partial charge in [-0.2, -0.15) is 0 Å². The van der Waals surface area contributed by atoms with Gasteiger partial charge in [-0.15, -0.1) is 24.8 Å². The number of rotatable bonds is 5. The number of ether oxygens (including phenoxy) is 1. The molecule has 0 saturated carbocycles. The van der Waals surface area contributed by atoms with E-state index in [9.17, 15) is 0 Å². The lowest BCUT2D eigenvalue weighted by molar-refractivity contribution is 0.310. The Morgan fingerprint density at radius 1 is 0.861 bits per heavy atom. The second-order valence-corrected chi connectivity index (χ2v) is 10.2. The summed E-state index contributed by atoms with van der Waals surface area (Å²) in [6, 6.07) is 24.2.